The fourth-order valence-electron chi connectivity index (χ4n) is 3.28. The third kappa shape index (κ3) is 4.65. The Morgan fingerprint density at radius 3 is 2.28 bits per heavy atom. The van der Waals surface area contributed by atoms with Gasteiger partial charge < -0.3 is 4.74 Å². The molecule has 0 saturated heterocycles. The maximum absolute atomic E-state index is 13.1. The van der Waals surface area contributed by atoms with Crippen LogP contribution in [-0.4, -0.2) is 16.9 Å². The summed E-state index contributed by atoms with van der Waals surface area (Å²) in [4.78, 5) is 28.8. The highest BCUT2D eigenvalue weighted by molar-refractivity contribution is 6.07. The maximum Gasteiger partial charge on any atom is 0.308 e. The number of para-hydroxylation sites is 1. The molecule has 2 N–H and O–H groups in total. The summed E-state index contributed by atoms with van der Waals surface area (Å²) in [6.07, 6.45) is 0. The van der Waals surface area contributed by atoms with Crippen LogP contribution >= 0.6 is 0 Å². The number of aromatic nitrogens is 1. The smallest absolute Gasteiger partial charge is 0.308 e. The standard InChI is InChI=1S/C26H21N3O3/c1-17(19-12-14-21(15-13-19)32-18(2)30)28-29-26(31)23-16-25(20-8-4-3-5-9-20)27-24-11-7-6-10-22(23)24/h3-16,28H,1H2,2H3,(H,29,31). The molecule has 0 unspecified atom stereocenters. The second-order valence-corrected chi connectivity index (χ2v) is 7.11. The number of esters is 1. The molecule has 4 aromatic rings. The Labute approximate surface area is 185 Å². The molecule has 1 aromatic heterocycles. The first-order valence-corrected chi connectivity index (χ1v) is 10.0. The molecule has 0 atom stereocenters. The molecule has 1 heterocycles. The van der Waals surface area contributed by atoms with Crippen LogP contribution in [0.5, 0.6) is 5.75 Å². The van der Waals surface area contributed by atoms with E-state index in [1.54, 1.807) is 30.3 Å². The maximum atomic E-state index is 13.1. The minimum Gasteiger partial charge on any atom is -0.427 e. The summed E-state index contributed by atoms with van der Waals surface area (Å²) in [7, 11) is 0. The number of hydrogen-bond acceptors (Lipinski definition) is 5. The molecule has 0 spiro atoms. The molecule has 32 heavy (non-hydrogen) atoms. The van der Waals surface area contributed by atoms with Gasteiger partial charge in [-0.25, -0.2) is 4.98 Å². The van der Waals surface area contributed by atoms with E-state index < -0.39 is 0 Å². The fraction of sp³-hybridized carbons (Fsp3) is 0.0385. The van der Waals surface area contributed by atoms with Crippen molar-refractivity contribution in [1.82, 2.24) is 15.8 Å². The van der Waals surface area contributed by atoms with Crippen LogP contribution in [-0.2, 0) is 4.79 Å². The molecule has 0 bridgehead atoms. The molecular formula is C26H21N3O3. The van der Waals surface area contributed by atoms with E-state index >= 15 is 0 Å². The van der Waals surface area contributed by atoms with E-state index in [0.29, 0.717) is 22.7 Å². The van der Waals surface area contributed by atoms with E-state index in [1.165, 1.54) is 6.92 Å². The quantitative estimate of drug-likeness (QED) is 0.266. The van der Waals surface area contributed by atoms with Crippen LogP contribution in [0.1, 0.15) is 22.8 Å². The summed E-state index contributed by atoms with van der Waals surface area (Å²) in [5, 5.41) is 0.753. The van der Waals surface area contributed by atoms with Crippen molar-refractivity contribution >= 4 is 28.5 Å². The summed E-state index contributed by atoms with van der Waals surface area (Å²) < 4.78 is 5.03. The van der Waals surface area contributed by atoms with Gasteiger partial charge in [-0.3, -0.25) is 20.4 Å². The number of pyridine rings is 1. The van der Waals surface area contributed by atoms with Crippen molar-refractivity contribution in [1.29, 1.82) is 0 Å². The zero-order chi connectivity index (χ0) is 22.5. The van der Waals surface area contributed by atoms with E-state index in [2.05, 4.69) is 17.4 Å². The summed E-state index contributed by atoms with van der Waals surface area (Å²) in [6.45, 7) is 5.31. The first-order valence-electron chi connectivity index (χ1n) is 10.0. The number of nitrogens with one attached hydrogen (secondary N) is 2. The lowest BCUT2D eigenvalue weighted by Crippen LogP contribution is -2.36. The van der Waals surface area contributed by atoms with Gasteiger partial charge in [0, 0.05) is 17.9 Å². The van der Waals surface area contributed by atoms with Gasteiger partial charge in [-0.2, -0.15) is 0 Å². The van der Waals surface area contributed by atoms with Gasteiger partial charge in [-0.15, -0.1) is 0 Å². The lowest BCUT2D eigenvalue weighted by molar-refractivity contribution is -0.131. The van der Waals surface area contributed by atoms with Gasteiger partial charge in [-0.1, -0.05) is 55.1 Å². The lowest BCUT2D eigenvalue weighted by atomic mass is 10.0. The average Bonchev–Trinajstić information content (AvgIpc) is 2.82. The number of hydrogen-bond donors (Lipinski definition) is 2. The summed E-state index contributed by atoms with van der Waals surface area (Å²) >= 11 is 0. The molecule has 0 fully saturated rings. The highest BCUT2D eigenvalue weighted by Gasteiger charge is 2.14. The topological polar surface area (TPSA) is 80.3 Å². The third-order valence-electron chi connectivity index (χ3n) is 4.82. The number of hydrazine groups is 1. The normalized spacial score (nSPS) is 10.4. The van der Waals surface area contributed by atoms with Crippen molar-refractivity contribution in [2.75, 3.05) is 0 Å². The van der Waals surface area contributed by atoms with Crippen molar-refractivity contribution in [2.45, 2.75) is 6.92 Å². The van der Waals surface area contributed by atoms with E-state index in [4.69, 9.17) is 9.72 Å². The van der Waals surface area contributed by atoms with Gasteiger partial charge in [0.1, 0.15) is 5.75 Å². The molecule has 6 nitrogen and oxygen atoms in total. The Morgan fingerprint density at radius 1 is 0.875 bits per heavy atom. The Balaban J connectivity index is 1.54. The second kappa shape index (κ2) is 9.14. The fourth-order valence-corrected chi connectivity index (χ4v) is 3.28. The summed E-state index contributed by atoms with van der Waals surface area (Å²) in [5.74, 6) is -0.255. The van der Waals surface area contributed by atoms with Crippen LogP contribution in [0.4, 0.5) is 0 Å². The number of rotatable bonds is 6. The van der Waals surface area contributed by atoms with E-state index in [9.17, 15) is 9.59 Å². The van der Waals surface area contributed by atoms with Crippen molar-refractivity contribution < 1.29 is 14.3 Å². The molecule has 6 heteroatoms. The van der Waals surface area contributed by atoms with Crippen LogP contribution in [0.25, 0.3) is 27.9 Å². The number of nitrogens with zero attached hydrogens (tertiary/aromatic N) is 1. The molecule has 4 rings (SSSR count). The van der Waals surface area contributed by atoms with Gasteiger partial charge in [0.05, 0.1) is 22.5 Å². The molecule has 1 amide bonds. The van der Waals surface area contributed by atoms with Gasteiger partial charge in [0.25, 0.3) is 5.91 Å². The molecule has 0 aliphatic heterocycles. The number of carbonyl (C=O) groups is 2. The van der Waals surface area contributed by atoms with Gasteiger partial charge in [0.15, 0.2) is 0 Å². The number of carbonyl (C=O) groups excluding carboxylic acids is 2. The Kier molecular flexibility index (Phi) is 5.94. The average molecular weight is 423 g/mol. The monoisotopic (exact) mass is 423 g/mol. The molecule has 0 aliphatic rings. The zero-order valence-corrected chi connectivity index (χ0v) is 17.5. The summed E-state index contributed by atoms with van der Waals surface area (Å²) in [6, 6.07) is 25.8. The predicted molar refractivity (Wildman–Crippen MR) is 125 cm³/mol. The van der Waals surface area contributed by atoms with Gasteiger partial charge >= 0.3 is 5.97 Å². The third-order valence-corrected chi connectivity index (χ3v) is 4.82. The molecule has 3 aromatic carbocycles. The Hall–Kier alpha value is -4.45. The van der Waals surface area contributed by atoms with Crippen LogP contribution in [0.15, 0.2) is 91.5 Å². The number of ether oxygens (including phenoxy) is 1. The van der Waals surface area contributed by atoms with Crippen molar-refractivity contribution in [2.24, 2.45) is 0 Å². The highest BCUT2D eigenvalue weighted by atomic mass is 16.5. The minimum absolute atomic E-state index is 0.307. The first-order chi connectivity index (χ1) is 15.5. The lowest BCUT2D eigenvalue weighted by Gasteiger charge is -2.14. The molecule has 0 saturated carbocycles. The zero-order valence-electron chi connectivity index (χ0n) is 17.5. The van der Waals surface area contributed by atoms with Crippen molar-refractivity contribution in [3.63, 3.8) is 0 Å². The highest BCUT2D eigenvalue weighted by Crippen LogP contribution is 2.25. The summed E-state index contributed by atoms with van der Waals surface area (Å²) in [5.41, 5.74) is 9.69. The van der Waals surface area contributed by atoms with Crippen LogP contribution < -0.4 is 15.6 Å². The van der Waals surface area contributed by atoms with Crippen LogP contribution in [0, 0.1) is 0 Å². The number of benzene rings is 3. The first kappa shape index (κ1) is 20.8. The van der Waals surface area contributed by atoms with Crippen molar-refractivity contribution in [3.8, 4) is 17.0 Å². The number of fused-ring (bicyclic) bond motifs is 1. The van der Waals surface area contributed by atoms with Crippen LogP contribution in [0.2, 0.25) is 0 Å². The number of amides is 1. The largest absolute Gasteiger partial charge is 0.427 e. The second-order valence-electron chi connectivity index (χ2n) is 7.11. The van der Waals surface area contributed by atoms with E-state index in [1.807, 2.05) is 54.6 Å². The van der Waals surface area contributed by atoms with Gasteiger partial charge in [-0.05, 0) is 42.0 Å². The molecule has 0 aliphatic carbocycles. The molecular weight excluding hydrogens is 402 g/mol. The molecule has 0 radical (unpaired) electrons. The van der Waals surface area contributed by atoms with Crippen LogP contribution in [0.3, 0.4) is 0 Å². The predicted octanol–water partition coefficient (Wildman–Crippen LogP) is 4.73. The van der Waals surface area contributed by atoms with E-state index in [-0.39, 0.29) is 11.9 Å². The van der Waals surface area contributed by atoms with Crippen molar-refractivity contribution in [3.05, 3.63) is 103 Å². The Morgan fingerprint density at radius 2 is 1.56 bits per heavy atom. The Bertz CT molecular complexity index is 1300. The SMILES string of the molecule is C=C(NNC(=O)c1cc(-c2ccccc2)nc2ccccc12)c1ccc(OC(C)=O)cc1. The molecule has 158 valence electrons. The van der Waals surface area contributed by atoms with E-state index in [0.717, 1.165) is 22.0 Å². The minimum atomic E-state index is -0.388. The van der Waals surface area contributed by atoms with Gasteiger partial charge in [0.2, 0.25) is 0 Å².